The Kier molecular flexibility index (Phi) is 6.29. The molecule has 0 radical (unpaired) electrons. The summed E-state index contributed by atoms with van der Waals surface area (Å²) in [6.45, 7) is 0.143. The maximum absolute atomic E-state index is 13.2. The summed E-state index contributed by atoms with van der Waals surface area (Å²) in [5.74, 6) is -1.94. The lowest BCUT2D eigenvalue weighted by Gasteiger charge is -2.29. The fourth-order valence-corrected chi connectivity index (χ4v) is 1.69. The molecule has 0 aliphatic carbocycles. The van der Waals surface area contributed by atoms with Gasteiger partial charge in [-0.05, 0) is 25.5 Å². The van der Waals surface area contributed by atoms with E-state index in [4.69, 9.17) is 0 Å². The van der Waals surface area contributed by atoms with Gasteiger partial charge in [-0.2, -0.15) is 39.0 Å². The lowest BCUT2D eigenvalue weighted by atomic mass is 9.88. The van der Waals surface area contributed by atoms with E-state index in [0.29, 0.717) is 12.2 Å². The number of rotatable bonds is 6. The van der Waals surface area contributed by atoms with Crippen molar-refractivity contribution in [2.45, 2.75) is 50.6 Å². The molecule has 0 saturated heterocycles. The zero-order chi connectivity index (χ0) is 14.6. The molecule has 0 amide bonds. The maximum atomic E-state index is 13.2. The van der Waals surface area contributed by atoms with E-state index < -0.39 is 36.8 Å². The molecule has 0 nitrogen and oxygen atoms in total. The lowest BCUT2D eigenvalue weighted by Crippen LogP contribution is -2.42. The van der Waals surface area contributed by atoms with Gasteiger partial charge < -0.3 is 0 Å². The Morgan fingerprint density at radius 2 is 1.44 bits per heavy atom. The Balaban J connectivity index is 4.70. The highest BCUT2D eigenvalue weighted by Crippen LogP contribution is 2.44. The molecule has 0 bridgehead atoms. The predicted octanol–water partition coefficient (Wildman–Crippen LogP) is 4.95. The predicted molar refractivity (Wildman–Crippen MR) is 57.4 cm³/mol. The van der Waals surface area contributed by atoms with Gasteiger partial charge in [0.15, 0.2) is 0 Å². The molecule has 0 heterocycles. The van der Waals surface area contributed by atoms with Crippen LogP contribution in [0.3, 0.4) is 0 Å². The summed E-state index contributed by atoms with van der Waals surface area (Å²) >= 11 is 3.79. The van der Waals surface area contributed by atoms with Crippen molar-refractivity contribution >= 4 is 12.6 Å². The van der Waals surface area contributed by atoms with Crippen molar-refractivity contribution in [2.24, 2.45) is 5.92 Å². The van der Waals surface area contributed by atoms with Crippen LogP contribution in [0.4, 0.5) is 30.7 Å². The van der Waals surface area contributed by atoms with Gasteiger partial charge in [0, 0.05) is 6.42 Å². The zero-order valence-electron chi connectivity index (χ0n) is 9.71. The Morgan fingerprint density at radius 3 is 1.78 bits per heavy atom. The van der Waals surface area contributed by atoms with Crippen molar-refractivity contribution in [1.82, 2.24) is 0 Å². The van der Waals surface area contributed by atoms with Crippen molar-refractivity contribution < 1.29 is 30.7 Å². The van der Waals surface area contributed by atoms with Crippen molar-refractivity contribution in [3.8, 4) is 0 Å². The van der Waals surface area contributed by atoms with Gasteiger partial charge >= 0.3 is 12.4 Å². The number of hydrogen-bond acceptors (Lipinski definition) is 1. The van der Waals surface area contributed by atoms with Crippen molar-refractivity contribution in [1.29, 1.82) is 0 Å². The Morgan fingerprint density at radius 1 is 0.944 bits per heavy atom. The summed E-state index contributed by atoms with van der Waals surface area (Å²) in [6, 6.07) is 0. The third-order valence-electron chi connectivity index (χ3n) is 2.64. The first-order valence-corrected chi connectivity index (χ1v) is 5.98. The van der Waals surface area contributed by atoms with E-state index in [0.717, 1.165) is 0 Å². The summed E-state index contributed by atoms with van der Waals surface area (Å²) < 4.78 is 87.4. The first-order chi connectivity index (χ1) is 7.92. The second kappa shape index (κ2) is 6.34. The second-order valence-electron chi connectivity index (χ2n) is 4.36. The number of thiol groups is 1. The molecule has 0 saturated carbocycles. The van der Waals surface area contributed by atoms with Crippen molar-refractivity contribution in [3.05, 3.63) is 0 Å². The van der Waals surface area contributed by atoms with Crippen molar-refractivity contribution in [3.63, 3.8) is 0 Å². The number of unbranched alkanes of at least 4 members (excludes halogenated alkanes) is 1. The lowest BCUT2D eigenvalue weighted by molar-refractivity contribution is -0.248. The molecule has 18 heavy (non-hydrogen) atoms. The average molecular weight is 300 g/mol. The molecule has 2 atom stereocenters. The van der Waals surface area contributed by atoms with E-state index in [2.05, 4.69) is 12.6 Å². The maximum Gasteiger partial charge on any atom is 0.422 e. The van der Waals surface area contributed by atoms with E-state index in [1.165, 1.54) is 0 Å². The summed E-state index contributed by atoms with van der Waals surface area (Å²) in [7, 11) is 0. The molecular weight excluding hydrogens is 285 g/mol. The Bertz CT molecular complexity index is 244. The van der Waals surface area contributed by atoms with Gasteiger partial charge in [0.05, 0.1) is 5.92 Å². The van der Waals surface area contributed by atoms with Crippen LogP contribution in [0.1, 0.15) is 32.6 Å². The molecular formula is C10H15F7S. The fourth-order valence-electron chi connectivity index (χ4n) is 1.46. The third kappa shape index (κ3) is 5.67. The van der Waals surface area contributed by atoms with E-state index >= 15 is 0 Å². The molecule has 0 N–H and O–H groups in total. The highest BCUT2D eigenvalue weighted by molar-refractivity contribution is 7.80. The van der Waals surface area contributed by atoms with E-state index in [9.17, 15) is 30.7 Å². The first-order valence-electron chi connectivity index (χ1n) is 5.35. The molecule has 0 rings (SSSR count). The first kappa shape index (κ1) is 17.9. The van der Waals surface area contributed by atoms with Gasteiger partial charge in [-0.1, -0.05) is 6.42 Å². The minimum Gasteiger partial charge on any atom is -0.234 e. The average Bonchev–Trinajstić information content (AvgIpc) is 2.13. The molecule has 0 aliphatic rings. The van der Waals surface area contributed by atoms with Gasteiger partial charge in [0.25, 0.3) is 0 Å². The van der Waals surface area contributed by atoms with Crippen molar-refractivity contribution in [2.75, 3.05) is 5.75 Å². The molecule has 2 unspecified atom stereocenters. The minimum atomic E-state index is -5.29. The van der Waals surface area contributed by atoms with Crippen LogP contribution >= 0.6 is 12.6 Å². The van der Waals surface area contributed by atoms with Gasteiger partial charge in [0.2, 0.25) is 5.67 Å². The third-order valence-corrected chi connectivity index (χ3v) is 2.96. The molecule has 0 spiro atoms. The smallest absolute Gasteiger partial charge is 0.234 e. The zero-order valence-corrected chi connectivity index (χ0v) is 10.6. The SMILES string of the molecule is CC(F)(CC(CCCCS)C(F)(F)F)C(F)(F)F. The van der Waals surface area contributed by atoms with Crippen LogP contribution in [0.2, 0.25) is 0 Å². The Labute approximate surface area is 106 Å². The molecule has 0 aromatic carbocycles. The van der Waals surface area contributed by atoms with E-state index in [1.54, 1.807) is 0 Å². The summed E-state index contributed by atoms with van der Waals surface area (Å²) in [6.07, 6.45) is -11.8. The number of alkyl halides is 7. The molecule has 0 aliphatic heterocycles. The highest BCUT2D eigenvalue weighted by Gasteiger charge is 2.56. The monoisotopic (exact) mass is 300 g/mol. The van der Waals surface area contributed by atoms with E-state index in [1.807, 2.05) is 0 Å². The molecule has 0 aromatic rings. The molecule has 8 heteroatoms. The molecule has 0 aromatic heterocycles. The standard InChI is InChI=1S/C10H15F7S/c1-8(11,10(15,16)17)6-7(9(12,13)14)4-2-3-5-18/h7,18H,2-6H2,1H3. The van der Waals surface area contributed by atoms with Crippen LogP contribution < -0.4 is 0 Å². The normalized spacial score (nSPS) is 18.5. The fraction of sp³-hybridized carbons (Fsp3) is 1.00. The molecule has 0 fully saturated rings. The summed E-state index contributed by atoms with van der Waals surface area (Å²) in [5.41, 5.74) is -3.83. The van der Waals surface area contributed by atoms with Gasteiger partial charge in [0.1, 0.15) is 0 Å². The van der Waals surface area contributed by atoms with Crippen LogP contribution in [-0.2, 0) is 0 Å². The highest BCUT2D eigenvalue weighted by atomic mass is 32.1. The topological polar surface area (TPSA) is 0 Å². The van der Waals surface area contributed by atoms with Crippen LogP contribution in [0.25, 0.3) is 0 Å². The molecule has 110 valence electrons. The minimum absolute atomic E-state index is 0.0710. The quantitative estimate of drug-likeness (QED) is 0.401. The summed E-state index contributed by atoms with van der Waals surface area (Å²) in [5, 5.41) is 0. The van der Waals surface area contributed by atoms with Crippen LogP contribution in [0.15, 0.2) is 0 Å². The van der Waals surface area contributed by atoms with Gasteiger partial charge in [-0.15, -0.1) is 0 Å². The van der Waals surface area contributed by atoms with E-state index in [-0.39, 0.29) is 13.3 Å². The van der Waals surface area contributed by atoms with Crippen LogP contribution in [0.5, 0.6) is 0 Å². The van der Waals surface area contributed by atoms with Gasteiger partial charge in [-0.25, -0.2) is 4.39 Å². The van der Waals surface area contributed by atoms with Crippen LogP contribution in [0, 0.1) is 5.92 Å². The van der Waals surface area contributed by atoms with Crippen LogP contribution in [-0.4, -0.2) is 23.8 Å². The Hall–Kier alpha value is -0.140. The summed E-state index contributed by atoms with van der Waals surface area (Å²) in [4.78, 5) is 0. The second-order valence-corrected chi connectivity index (χ2v) is 4.80. The number of hydrogen-bond donors (Lipinski definition) is 1. The largest absolute Gasteiger partial charge is 0.422 e. The van der Waals surface area contributed by atoms with Gasteiger partial charge in [-0.3, -0.25) is 0 Å². The number of halogens is 7.